The van der Waals surface area contributed by atoms with Gasteiger partial charge in [0.2, 0.25) is 0 Å². The summed E-state index contributed by atoms with van der Waals surface area (Å²) in [6.45, 7) is 0.424. The molecule has 2 aromatic rings. The van der Waals surface area contributed by atoms with Gasteiger partial charge in [0, 0.05) is 18.1 Å². The molecule has 0 aliphatic carbocycles. The van der Waals surface area contributed by atoms with Gasteiger partial charge < -0.3 is 14.6 Å². The SMILES string of the molecule is COc1ccc(C=C(C#N)C(=O)O)c(OCCc2ccccc2)c1. The zero-order valence-corrected chi connectivity index (χ0v) is 13.2. The van der Waals surface area contributed by atoms with Gasteiger partial charge in [0.25, 0.3) is 0 Å². The van der Waals surface area contributed by atoms with Crippen LogP contribution in [-0.2, 0) is 11.2 Å². The van der Waals surface area contributed by atoms with Gasteiger partial charge >= 0.3 is 5.97 Å². The maximum absolute atomic E-state index is 11.0. The van der Waals surface area contributed by atoms with Crippen LogP contribution >= 0.6 is 0 Å². The number of rotatable bonds is 7. The van der Waals surface area contributed by atoms with E-state index >= 15 is 0 Å². The van der Waals surface area contributed by atoms with E-state index in [1.807, 2.05) is 30.3 Å². The number of benzene rings is 2. The molecule has 0 heterocycles. The lowest BCUT2D eigenvalue weighted by Gasteiger charge is -2.11. The summed E-state index contributed by atoms with van der Waals surface area (Å²) in [7, 11) is 1.54. The molecule has 0 bridgehead atoms. The molecule has 0 spiro atoms. The first-order chi connectivity index (χ1) is 11.6. The molecule has 2 aromatic carbocycles. The summed E-state index contributed by atoms with van der Waals surface area (Å²) in [5.41, 5.74) is 1.30. The van der Waals surface area contributed by atoms with Crippen LogP contribution in [0.3, 0.4) is 0 Å². The van der Waals surface area contributed by atoms with Crippen molar-refractivity contribution in [1.82, 2.24) is 0 Å². The summed E-state index contributed by atoms with van der Waals surface area (Å²) in [6, 6.07) is 16.6. The van der Waals surface area contributed by atoms with Crippen molar-refractivity contribution >= 4 is 12.0 Å². The lowest BCUT2D eigenvalue weighted by atomic mass is 10.1. The quantitative estimate of drug-likeness (QED) is 0.624. The molecule has 0 aliphatic rings. The molecule has 0 atom stereocenters. The van der Waals surface area contributed by atoms with Crippen LogP contribution in [0.25, 0.3) is 6.08 Å². The van der Waals surface area contributed by atoms with Crippen LogP contribution in [0.1, 0.15) is 11.1 Å². The van der Waals surface area contributed by atoms with Gasteiger partial charge in [-0.2, -0.15) is 5.26 Å². The Morgan fingerprint density at radius 1 is 1.25 bits per heavy atom. The van der Waals surface area contributed by atoms with Crippen LogP contribution < -0.4 is 9.47 Å². The number of carboxylic acids is 1. The van der Waals surface area contributed by atoms with E-state index < -0.39 is 5.97 Å². The summed E-state index contributed by atoms with van der Waals surface area (Å²) in [5.74, 6) is -0.210. The Bertz CT molecular complexity index is 776. The highest BCUT2D eigenvalue weighted by Crippen LogP contribution is 2.27. The second-order valence-electron chi connectivity index (χ2n) is 4.96. The Hall–Kier alpha value is -3.26. The number of carbonyl (C=O) groups is 1. The first-order valence-corrected chi connectivity index (χ1v) is 7.34. The van der Waals surface area contributed by atoms with Gasteiger partial charge in [0.05, 0.1) is 13.7 Å². The molecule has 0 amide bonds. The first kappa shape index (κ1) is 17.1. The third kappa shape index (κ3) is 4.62. The Labute approximate surface area is 140 Å². The third-order valence-electron chi connectivity index (χ3n) is 3.36. The number of nitrogens with zero attached hydrogens (tertiary/aromatic N) is 1. The Kier molecular flexibility index (Phi) is 5.98. The number of aliphatic carboxylic acids is 1. The first-order valence-electron chi connectivity index (χ1n) is 7.34. The predicted octanol–water partition coefficient (Wildman–Crippen LogP) is 3.31. The monoisotopic (exact) mass is 323 g/mol. The highest BCUT2D eigenvalue weighted by Gasteiger charge is 2.10. The van der Waals surface area contributed by atoms with Crippen LogP contribution in [0.15, 0.2) is 54.1 Å². The highest BCUT2D eigenvalue weighted by atomic mass is 16.5. The molecule has 5 nitrogen and oxygen atoms in total. The van der Waals surface area contributed by atoms with Crippen molar-refractivity contribution in [2.24, 2.45) is 0 Å². The largest absolute Gasteiger partial charge is 0.497 e. The summed E-state index contributed by atoms with van der Waals surface area (Å²) in [5, 5.41) is 17.9. The van der Waals surface area contributed by atoms with Crippen molar-refractivity contribution in [2.45, 2.75) is 6.42 Å². The van der Waals surface area contributed by atoms with E-state index in [0.29, 0.717) is 30.1 Å². The zero-order chi connectivity index (χ0) is 17.4. The lowest BCUT2D eigenvalue weighted by Crippen LogP contribution is -2.03. The second kappa shape index (κ2) is 8.39. The average molecular weight is 323 g/mol. The van der Waals surface area contributed by atoms with Crippen molar-refractivity contribution in [1.29, 1.82) is 5.26 Å². The van der Waals surface area contributed by atoms with E-state index in [4.69, 9.17) is 19.8 Å². The van der Waals surface area contributed by atoms with Gasteiger partial charge in [-0.25, -0.2) is 4.79 Å². The zero-order valence-electron chi connectivity index (χ0n) is 13.2. The molecule has 1 N–H and O–H groups in total. The minimum atomic E-state index is -1.27. The van der Waals surface area contributed by atoms with Crippen molar-refractivity contribution in [2.75, 3.05) is 13.7 Å². The fraction of sp³-hybridized carbons (Fsp3) is 0.158. The fourth-order valence-corrected chi connectivity index (χ4v) is 2.11. The van der Waals surface area contributed by atoms with E-state index in [-0.39, 0.29) is 5.57 Å². The van der Waals surface area contributed by atoms with Gasteiger partial charge in [0.15, 0.2) is 0 Å². The van der Waals surface area contributed by atoms with Crippen molar-refractivity contribution < 1.29 is 19.4 Å². The molecule has 0 aliphatic heterocycles. The number of ether oxygens (including phenoxy) is 2. The van der Waals surface area contributed by atoms with E-state index in [1.165, 1.54) is 13.2 Å². The summed E-state index contributed by atoms with van der Waals surface area (Å²) >= 11 is 0. The molecule has 0 radical (unpaired) electrons. The summed E-state index contributed by atoms with van der Waals surface area (Å²) < 4.78 is 11.0. The van der Waals surface area contributed by atoms with Crippen molar-refractivity contribution in [3.05, 3.63) is 65.2 Å². The molecule has 122 valence electrons. The minimum Gasteiger partial charge on any atom is -0.497 e. The third-order valence-corrected chi connectivity index (χ3v) is 3.36. The van der Waals surface area contributed by atoms with Crippen LogP contribution in [0, 0.1) is 11.3 Å². The number of carboxylic acid groups (broad SMARTS) is 1. The molecule has 0 saturated carbocycles. The van der Waals surface area contributed by atoms with Crippen LogP contribution in [0.4, 0.5) is 0 Å². The highest BCUT2D eigenvalue weighted by molar-refractivity contribution is 5.96. The maximum Gasteiger partial charge on any atom is 0.346 e. The van der Waals surface area contributed by atoms with E-state index in [9.17, 15) is 4.79 Å². The molecule has 0 aromatic heterocycles. The molecule has 0 unspecified atom stereocenters. The van der Waals surface area contributed by atoms with Gasteiger partial charge in [-0.3, -0.25) is 0 Å². The number of hydrogen-bond acceptors (Lipinski definition) is 4. The Morgan fingerprint density at radius 2 is 2.00 bits per heavy atom. The smallest absolute Gasteiger partial charge is 0.346 e. The number of methoxy groups -OCH3 is 1. The average Bonchev–Trinajstić information content (AvgIpc) is 2.61. The molecule has 2 rings (SSSR count). The molecular weight excluding hydrogens is 306 g/mol. The molecular formula is C19H17NO4. The van der Waals surface area contributed by atoms with Crippen LogP contribution in [0.2, 0.25) is 0 Å². The number of hydrogen-bond donors (Lipinski definition) is 1. The van der Waals surface area contributed by atoms with Crippen LogP contribution in [0.5, 0.6) is 11.5 Å². The van der Waals surface area contributed by atoms with Gasteiger partial charge in [-0.15, -0.1) is 0 Å². The normalized spacial score (nSPS) is 10.8. The molecule has 5 heteroatoms. The van der Waals surface area contributed by atoms with Gasteiger partial charge in [0.1, 0.15) is 23.1 Å². The number of nitriles is 1. The molecule has 0 saturated heterocycles. The minimum absolute atomic E-state index is 0.354. The van der Waals surface area contributed by atoms with Crippen LogP contribution in [-0.4, -0.2) is 24.8 Å². The topological polar surface area (TPSA) is 79.5 Å². The summed E-state index contributed by atoms with van der Waals surface area (Å²) in [6.07, 6.45) is 2.00. The van der Waals surface area contributed by atoms with Gasteiger partial charge in [-0.1, -0.05) is 30.3 Å². The van der Waals surface area contributed by atoms with E-state index in [0.717, 1.165) is 5.56 Å². The maximum atomic E-state index is 11.0. The summed E-state index contributed by atoms with van der Waals surface area (Å²) in [4.78, 5) is 11.0. The molecule has 0 fully saturated rings. The Balaban J connectivity index is 2.20. The standard InChI is InChI=1S/C19H17NO4/c1-23-17-8-7-15(11-16(13-20)19(21)22)18(12-17)24-10-9-14-5-3-2-4-6-14/h2-8,11-12H,9-10H2,1H3,(H,21,22). The van der Waals surface area contributed by atoms with Gasteiger partial charge in [-0.05, 0) is 23.8 Å². The van der Waals surface area contributed by atoms with E-state index in [1.54, 1.807) is 24.3 Å². The van der Waals surface area contributed by atoms with E-state index in [2.05, 4.69) is 0 Å². The molecule has 24 heavy (non-hydrogen) atoms. The van der Waals surface area contributed by atoms with Crippen molar-refractivity contribution in [3.63, 3.8) is 0 Å². The van der Waals surface area contributed by atoms with Crippen molar-refractivity contribution in [3.8, 4) is 17.6 Å². The predicted molar refractivity (Wildman–Crippen MR) is 89.9 cm³/mol. The fourth-order valence-electron chi connectivity index (χ4n) is 2.11. The second-order valence-corrected chi connectivity index (χ2v) is 4.96. The lowest BCUT2D eigenvalue weighted by molar-refractivity contribution is -0.132. The Morgan fingerprint density at radius 3 is 2.62 bits per heavy atom.